The van der Waals surface area contributed by atoms with Crippen LogP contribution in [0.5, 0.6) is 5.75 Å². The average molecular weight is 395 g/mol. The first-order valence-electron chi connectivity index (χ1n) is 6.00. The van der Waals surface area contributed by atoms with Crippen molar-refractivity contribution in [2.45, 2.75) is 5.92 Å². The van der Waals surface area contributed by atoms with Gasteiger partial charge in [-0.2, -0.15) is 0 Å². The van der Waals surface area contributed by atoms with Gasteiger partial charge in [-0.25, -0.2) is 0 Å². The van der Waals surface area contributed by atoms with Crippen LogP contribution >= 0.6 is 50.7 Å². The van der Waals surface area contributed by atoms with Crippen LogP contribution in [0.4, 0.5) is 0 Å². The molecule has 0 aliphatic heterocycles. The summed E-state index contributed by atoms with van der Waals surface area (Å²) in [6.45, 7) is 0.507. The fourth-order valence-electron chi connectivity index (χ4n) is 1.76. The van der Waals surface area contributed by atoms with Crippen molar-refractivity contribution in [1.29, 1.82) is 0 Å². The highest BCUT2D eigenvalue weighted by Gasteiger charge is 2.13. The summed E-state index contributed by atoms with van der Waals surface area (Å²) in [6.07, 6.45) is 0. The largest absolute Gasteiger partial charge is 0.491 e. The third-order valence-electron chi connectivity index (χ3n) is 2.87. The van der Waals surface area contributed by atoms with Gasteiger partial charge in [0.15, 0.2) is 0 Å². The molecule has 2 rings (SSSR count). The Morgan fingerprint density at radius 1 is 0.950 bits per heavy atom. The first-order chi connectivity index (χ1) is 9.61. The third kappa shape index (κ3) is 4.05. The number of hydrogen-bond donors (Lipinski definition) is 0. The first kappa shape index (κ1) is 16.0. The minimum atomic E-state index is 0.238. The number of rotatable bonds is 5. The molecule has 0 spiro atoms. The molecule has 1 atom stereocenters. The minimum Gasteiger partial charge on any atom is -0.491 e. The van der Waals surface area contributed by atoms with Crippen LogP contribution in [-0.2, 0) is 0 Å². The molecule has 0 saturated heterocycles. The van der Waals surface area contributed by atoms with E-state index in [1.165, 1.54) is 5.56 Å². The van der Waals surface area contributed by atoms with Crippen LogP contribution in [0.25, 0.3) is 0 Å². The molecular weight excluding hydrogens is 382 g/mol. The fourth-order valence-corrected chi connectivity index (χ4v) is 2.91. The molecule has 1 nitrogen and oxygen atoms in total. The molecular formula is C15H12BrCl3O. The quantitative estimate of drug-likeness (QED) is 0.433. The molecule has 0 heterocycles. The topological polar surface area (TPSA) is 9.23 Å². The number of alkyl halides is 1. The Morgan fingerprint density at radius 3 is 2.25 bits per heavy atom. The van der Waals surface area contributed by atoms with Gasteiger partial charge in [-0.3, -0.25) is 0 Å². The van der Waals surface area contributed by atoms with Crippen molar-refractivity contribution >= 4 is 50.7 Å². The summed E-state index contributed by atoms with van der Waals surface area (Å²) in [5.74, 6) is 0.782. The second-order valence-corrected chi connectivity index (χ2v) is 6.14. The van der Waals surface area contributed by atoms with Crippen LogP contribution < -0.4 is 4.74 Å². The van der Waals surface area contributed by atoms with E-state index in [1.54, 1.807) is 12.1 Å². The lowest BCUT2D eigenvalue weighted by atomic mass is 10.0. The Balaban J connectivity index is 2.09. The Labute approximate surface area is 141 Å². The van der Waals surface area contributed by atoms with Gasteiger partial charge < -0.3 is 4.74 Å². The van der Waals surface area contributed by atoms with Gasteiger partial charge in [0.05, 0.1) is 21.7 Å². The van der Waals surface area contributed by atoms with Gasteiger partial charge in [0.2, 0.25) is 0 Å². The van der Waals surface area contributed by atoms with E-state index >= 15 is 0 Å². The maximum atomic E-state index is 6.09. The Hall–Kier alpha value is -0.410. The standard InChI is InChI=1S/C15H12BrCl3O/c16-8-11(10-4-2-1-3-5-10)9-20-15-7-13(18)12(17)6-14(15)19/h1-7,11H,8-9H2. The zero-order chi connectivity index (χ0) is 14.5. The Bertz CT molecular complexity index is 575. The fraction of sp³-hybridized carbons (Fsp3) is 0.200. The van der Waals surface area contributed by atoms with Gasteiger partial charge in [0.1, 0.15) is 5.75 Å². The summed E-state index contributed by atoms with van der Waals surface area (Å²) in [7, 11) is 0. The normalized spacial score (nSPS) is 12.2. The lowest BCUT2D eigenvalue weighted by molar-refractivity contribution is 0.298. The second kappa shape index (κ2) is 7.56. The number of halogens is 4. The van der Waals surface area contributed by atoms with E-state index < -0.39 is 0 Å². The van der Waals surface area contributed by atoms with Crippen molar-refractivity contribution in [3.63, 3.8) is 0 Å². The molecule has 2 aromatic carbocycles. The molecule has 1 unspecified atom stereocenters. The summed E-state index contributed by atoms with van der Waals surface area (Å²) in [6, 6.07) is 13.4. The summed E-state index contributed by atoms with van der Waals surface area (Å²) in [5.41, 5.74) is 1.21. The van der Waals surface area contributed by atoms with Crippen molar-refractivity contribution in [2.24, 2.45) is 0 Å². The van der Waals surface area contributed by atoms with Crippen LogP contribution in [-0.4, -0.2) is 11.9 Å². The van der Waals surface area contributed by atoms with Gasteiger partial charge >= 0.3 is 0 Å². The lowest BCUT2D eigenvalue weighted by Crippen LogP contribution is -2.11. The molecule has 0 aliphatic carbocycles. The van der Waals surface area contributed by atoms with Crippen molar-refractivity contribution in [3.05, 3.63) is 63.1 Å². The zero-order valence-corrected chi connectivity index (χ0v) is 14.3. The Morgan fingerprint density at radius 2 is 1.60 bits per heavy atom. The molecule has 0 amide bonds. The third-order valence-corrected chi connectivity index (χ3v) is 4.67. The summed E-state index contributed by atoms with van der Waals surface area (Å²) in [5, 5.41) is 2.11. The van der Waals surface area contributed by atoms with Crippen molar-refractivity contribution in [1.82, 2.24) is 0 Å². The highest BCUT2D eigenvalue weighted by atomic mass is 79.9. The van der Waals surface area contributed by atoms with Crippen LogP contribution in [0.3, 0.4) is 0 Å². The maximum absolute atomic E-state index is 6.09. The molecule has 0 saturated carbocycles. The molecule has 0 fully saturated rings. The molecule has 2 aromatic rings. The van der Waals surface area contributed by atoms with E-state index in [9.17, 15) is 0 Å². The summed E-state index contributed by atoms with van der Waals surface area (Å²) < 4.78 is 5.78. The zero-order valence-electron chi connectivity index (χ0n) is 10.5. The number of hydrogen-bond acceptors (Lipinski definition) is 1. The number of ether oxygens (including phenoxy) is 1. The van der Waals surface area contributed by atoms with E-state index in [1.807, 2.05) is 18.2 Å². The van der Waals surface area contributed by atoms with Gasteiger partial charge in [0.25, 0.3) is 0 Å². The van der Waals surface area contributed by atoms with E-state index in [0.29, 0.717) is 27.4 Å². The van der Waals surface area contributed by atoms with Crippen LogP contribution in [0, 0.1) is 0 Å². The molecule has 106 valence electrons. The monoisotopic (exact) mass is 392 g/mol. The molecule has 0 aromatic heterocycles. The van der Waals surface area contributed by atoms with Crippen LogP contribution in [0.1, 0.15) is 11.5 Å². The predicted molar refractivity (Wildman–Crippen MR) is 89.9 cm³/mol. The average Bonchev–Trinajstić information content (AvgIpc) is 2.46. The van der Waals surface area contributed by atoms with Crippen molar-refractivity contribution < 1.29 is 4.74 Å². The van der Waals surface area contributed by atoms with Gasteiger partial charge in [-0.05, 0) is 11.6 Å². The summed E-state index contributed by atoms with van der Waals surface area (Å²) >= 11 is 21.5. The van der Waals surface area contributed by atoms with E-state index in [0.717, 1.165) is 5.33 Å². The SMILES string of the molecule is Clc1cc(Cl)c(OCC(CBr)c2ccccc2)cc1Cl. The molecule has 0 bridgehead atoms. The molecule has 5 heteroatoms. The lowest BCUT2D eigenvalue weighted by Gasteiger charge is -2.16. The maximum Gasteiger partial charge on any atom is 0.139 e. The van der Waals surface area contributed by atoms with Gasteiger partial charge in [-0.15, -0.1) is 0 Å². The summed E-state index contributed by atoms with van der Waals surface area (Å²) in [4.78, 5) is 0. The predicted octanol–water partition coefficient (Wildman–Crippen LogP) is 6.20. The molecule has 0 N–H and O–H groups in total. The van der Waals surface area contributed by atoms with Crippen LogP contribution in [0.2, 0.25) is 15.1 Å². The molecule has 0 aliphatic rings. The number of benzene rings is 2. The molecule has 20 heavy (non-hydrogen) atoms. The highest BCUT2D eigenvalue weighted by Crippen LogP contribution is 2.34. The van der Waals surface area contributed by atoms with Crippen molar-refractivity contribution in [3.8, 4) is 5.75 Å². The van der Waals surface area contributed by atoms with Crippen LogP contribution in [0.15, 0.2) is 42.5 Å². The van der Waals surface area contributed by atoms with Gasteiger partial charge in [-0.1, -0.05) is 81.1 Å². The van der Waals surface area contributed by atoms with Crippen molar-refractivity contribution in [2.75, 3.05) is 11.9 Å². The van der Waals surface area contributed by atoms with E-state index in [4.69, 9.17) is 39.5 Å². The van der Waals surface area contributed by atoms with E-state index in [2.05, 4.69) is 28.1 Å². The van der Waals surface area contributed by atoms with Gasteiger partial charge in [0, 0.05) is 17.3 Å². The smallest absolute Gasteiger partial charge is 0.139 e. The molecule has 0 radical (unpaired) electrons. The second-order valence-electron chi connectivity index (χ2n) is 4.27. The Kier molecular flexibility index (Phi) is 6.03. The minimum absolute atomic E-state index is 0.238. The first-order valence-corrected chi connectivity index (χ1v) is 8.25. The van der Waals surface area contributed by atoms with E-state index in [-0.39, 0.29) is 5.92 Å². The highest BCUT2D eigenvalue weighted by molar-refractivity contribution is 9.09.